The van der Waals surface area contributed by atoms with Crippen LogP contribution in [0.25, 0.3) is 0 Å². The zero-order valence-corrected chi connectivity index (χ0v) is 16.4. The van der Waals surface area contributed by atoms with E-state index in [4.69, 9.17) is 4.74 Å². The fraction of sp³-hybridized carbons (Fsp3) is 0.133. The number of carbonyl (C=O) groups is 1. The van der Waals surface area contributed by atoms with Gasteiger partial charge >= 0.3 is 131 Å². The summed E-state index contributed by atoms with van der Waals surface area (Å²) in [5.41, 5.74) is 0.880. The molecule has 0 amide bonds. The Morgan fingerprint density at radius 2 is 1.74 bits per heavy atom. The van der Waals surface area contributed by atoms with Crippen molar-refractivity contribution in [3.05, 3.63) is 54.1 Å². The number of ether oxygens (including phenoxy) is 1. The Hall–Kier alpha value is -0.477. The van der Waals surface area contributed by atoms with Crippen LogP contribution in [-0.2, 0) is 0 Å². The molecule has 0 bridgehead atoms. The van der Waals surface area contributed by atoms with Crippen LogP contribution in [-0.4, -0.2) is 30.5 Å². The number of ketones is 1. The molecule has 0 saturated heterocycles. The van der Waals surface area contributed by atoms with E-state index in [1.165, 1.54) is 6.54 Å². The van der Waals surface area contributed by atoms with Crippen LogP contribution in [0.2, 0.25) is 0 Å². The van der Waals surface area contributed by atoms with Gasteiger partial charge in [0.2, 0.25) is 0 Å². The van der Waals surface area contributed by atoms with Gasteiger partial charge in [0.1, 0.15) is 0 Å². The van der Waals surface area contributed by atoms with Gasteiger partial charge in [0, 0.05) is 0 Å². The Balaban J connectivity index is 2.37. The first kappa shape index (κ1) is 14.9. The molecule has 0 N–H and O–H groups in total. The van der Waals surface area contributed by atoms with Gasteiger partial charge in [-0.15, -0.1) is 0 Å². The van der Waals surface area contributed by atoms with Gasteiger partial charge in [-0.2, -0.15) is 0 Å². The second-order valence-corrected chi connectivity index (χ2v) is 18.6. The molecule has 0 aromatic heterocycles. The number of hydrogen-bond acceptors (Lipinski definition) is 2. The first-order chi connectivity index (χ1) is 9.13. The molecular formula is C15H14BiIO2. The third-order valence-electron chi connectivity index (χ3n) is 2.79. The van der Waals surface area contributed by atoms with Gasteiger partial charge < -0.3 is 0 Å². The van der Waals surface area contributed by atoms with E-state index in [0.717, 1.165) is 11.3 Å². The molecule has 2 rings (SSSR count). The van der Waals surface area contributed by atoms with Crippen molar-refractivity contribution in [3.63, 3.8) is 0 Å². The van der Waals surface area contributed by atoms with E-state index in [9.17, 15) is 4.79 Å². The van der Waals surface area contributed by atoms with Gasteiger partial charge in [-0.3, -0.25) is 0 Å². The Morgan fingerprint density at radius 3 is 2.32 bits per heavy atom. The zero-order chi connectivity index (χ0) is 13.8. The Morgan fingerprint density at radius 1 is 1.11 bits per heavy atom. The predicted octanol–water partition coefficient (Wildman–Crippen LogP) is 2.44. The first-order valence-corrected chi connectivity index (χ1v) is 19.1. The summed E-state index contributed by atoms with van der Waals surface area (Å²) in [7, 11) is 1.67. The molecule has 0 fully saturated rings. The van der Waals surface area contributed by atoms with Crippen molar-refractivity contribution >= 4 is 47.9 Å². The second-order valence-electron chi connectivity index (χ2n) is 4.05. The molecule has 2 nitrogen and oxygen atoms in total. The average molecular weight is 562 g/mol. The van der Waals surface area contributed by atoms with Gasteiger partial charge in [0.05, 0.1) is 0 Å². The van der Waals surface area contributed by atoms with Gasteiger partial charge in [-0.25, -0.2) is 0 Å². The van der Waals surface area contributed by atoms with Crippen LogP contribution in [0.5, 0.6) is 5.75 Å². The minimum atomic E-state index is -2.06. The number of halogens is 1. The van der Waals surface area contributed by atoms with Crippen molar-refractivity contribution in [1.82, 2.24) is 0 Å². The van der Waals surface area contributed by atoms with Crippen LogP contribution in [0, 0.1) is 0 Å². The monoisotopic (exact) mass is 562 g/mol. The summed E-state index contributed by atoms with van der Waals surface area (Å²) in [4.78, 5) is 11.7. The molecule has 0 aliphatic heterocycles. The molecule has 0 aliphatic rings. The molecule has 2 aromatic carbocycles. The van der Waals surface area contributed by atoms with Crippen LogP contribution in [0.4, 0.5) is 0 Å². The SMILES string of the molecule is COc1cc[c]([Bi]([I])[c]2ccccc2C(C)=O)cc1. The van der Waals surface area contributed by atoms with Crippen molar-refractivity contribution in [3.8, 4) is 5.75 Å². The van der Waals surface area contributed by atoms with Crippen molar-refractivity contribution in [1.29, 1.82) is 0 Å². The van der Waals surface area contributed by atoms with Gasteiger partial charge in [-0.1, -0.05) is 0 Å². The number of rotatable bonds is 4. The molecule has 19 heavy (non-hydrogen) atoms. The number of Topliss-reactive ketones (excluding diaryl/α,β-unsaturated/α-hetero) is 1. The van der Waals surface area contributed by atoms with Gasteiger partial charge in [0.15, 0.2) is 0 Å². The van der Waals surface area contributed by atoms with Crippen LogP contribution < -0.4 is 11.3 Å². The van der Waals surface area contributed by atoms with Crippen molar-refractivity contribution in [2.45, 2.75) is 6.92 Å². The van der Waals surface area contributed by atoms with E-state index in [1.807, 2.05) is 30.3 Å². The third kappa shape index (κ3) is 3.54. The van der Waals surface area contributed by atoms with E-state index in [2.05, 4.69) is 36.2 Å². The third-order valence-corrected chi connectivity index (χ3v) is 18.3. The minimum absolute atomic E-state index is 0.153. The summed E-state index contributed by atoms with van der Waals surface area (Å²) in [5.74, 6) is 1.03. The van der Waals surface area contributed by atoms with E-state index in [-0.39, 0.29) is 5.78 Å². The summed E-state index contributed by atoms with van der Waals surface area (Å²) in [6.07, 6.45) is 0. The summed E-state index contributed by atoms with van der Waals surface area (Å²) in [6, 6.07) is 16.2. The van der Waals surface area contributed by atoms with Gasteiger partial charge in [-0.05, 0) is 0 Å². The number of carbonyl (C=O) groups excluding carboxylic acids is 1. The summed E-state index contributed by atoms with van der Waals surface area (Å²) in [6.45, 7) is 1.64. The van der Waals surface area contributed by atoms with E-state index >= 15 is 0 Å². The summed E-state index contributed by atoms with van der Waals surface area (Å²) >= 11 is 0.510. The predicted molar refractivity (Wildman–Crippen MR) is 88.5 cm³/mol. The van der Waals surface area contributed by atoms with E-state index in [1.54, 1.807) is 14.0 Å². The molecule has 0 atom stereocenters. The van der Waals surface area contributed by atoms with E-state index in [0.29, 0.717) is 0 Å². The number of benzene rings is 2. The maximum absolute atomic E-state index is 11.7. The van der Waals surface area contributed by atoms with Crippen LogP contribution >= 0.6 is 18.0 Å². The van der Waals surface area contributed by atoms with Gasteiger partial charge in [0.25, 0.3) is 0 Å². The molecule has 0 spiro atoms. The molecule has 98 valence electrons. The topological polar surface area (TPSA) is 26.3 Å². The van der Waals surface area contributed by atoms with Crippen molar-refractivity contribution < 1.29 is 9.53 Å². The molecular weight excluding hydrogens is 548 g/mol. The maximum atomic E-state index is 11.7. The van der Waals surface area contributed by atoms with Crippen LogP contribution in [0.3, 0.4) is 0 Å². The molecule has 0 saturated carbocycles. The standard InChI is InChI=1S/C8H7O.C7H7O.Bi.HI/c1-7(9)8-5-3-2-4-6-8;1-8-7-5-3-2-4-6-7;;/h2-5H,1H3;3-6H,1H3;;1H/q;;+1;/p-1. The first-order valence-electron chi connectivity index (χ1n) is 5.83. The molecule has 0 unspecified atom stereocenters. The molecule has 2 aromatic rings. The molecule has 0 radical (unpaired) electrons. The number of methoxy groups -OCH3 is 1. The Kier molecular flexibility index (Phi) is 5.34. The molecule has 0 aliphatic carbocycles. The quantitative estimate of drug-likeness (QED) is 0.326. The molecule has 4 heteroatoms. The fourth-order valence-corrected chi connectivity index (χ4v) is 13.6. The number of hydrogen-bond donors (Lipinski definition) is 0. The fourth-order valence-electron chi connectivity index (χ4n) is 1.79. The van der Waals surface area contributed by atoms with Crippen LogP contribution in [0.1, 0.15) is 17.3 Å². The average Bonchev–Trinajstić information content (AvgIpc) is 2.46. The normalized spacial score (nSPS) is 10.5. The zero-order valence-electron chi connectivity index (χ0n) is 10.8. The van der Waals surface area contributed by atoms with Crippen LogP contribution in [0.15, 0.2) is 48.5 Å². The summed E-state index contributed by atoms with van der Waals surface area (Å²) in [5, 5.41) is 0. The second kappa shape index (κ2) is 6.80. The molecule has 0 heterocycles. The Labute approximate surface area is 130 Å². The van der Waals surface area contributed by atoms with Crippen molar-refractivity contribution in [2.24, 2.45) is 0 Å². The van der Waals surface area contributed by atoms with E-state index < -0.39 is 17.6 Å². The Bertz CT molecular complexity index is 581. The van der Waals surface area contributed by atoms with Crippen molar-refractivity contribution in [2.75, 3.05) is 7.11 Å². The summed E-state index contributed by atoms with van der Waals surface area (Å²) < 4.78 is 7.81.